The zero-order valence-electron chi connectivity index (χ0n) is 11.9. The fraction of sp³-hybridized carbons (Fsp3) is 0.500. The van der Waals surface area contributed by atoms with E-state index in [1.807, 2.05) is 6.07 Å². The number of nitrogens with zero attached hydrogens (tertiary/aromatic N) is 2. The molecule has 21 heavy (non-hydrogen) atoms. The van der Waals surface area contributed by atoms with Crippen molar-refractivity contribution in [1.82, 2.24) is 15.2 Å². The van der Waals surface area contributed by atoms with Crippen molar-refractivity contribution < 1.29 is 9.59 Å². The van der Waals surface area contributed by atoms with E-state index in [9.17, 15) is 9.59 Å². The van der Waals surface area contributed by atoms with Gasteiger partial charge in [0.2, 0.25) is 11.8 Å². The van der Waals surface area contributed by atoms with Crippen LogP contribution < -0.4 is 10.6 Å². The summed E-state index contributed by atoms with van der Waals surface area (Å²) < 4.78 is 0.863. The number of likely N-dealkylation sites (tertiary alicyclic amines) is 1. The highest BCUT2D eigenvalue weighted by molar-refractivity contribution is 9.10. The van der Waals surface area contributed by atoms with E-state index in [1.165, 1.54) is 0 Å². The highest BCUT2D eigenvalue weighted by atomic mass is 79.9. The summed E-state index contributed by atoms with van der Waals surface area (Å²) in [6.07, 6.45) is 3.28. The monoisotopic (exact) mass is 354 g/mol. The van der Waals surface area contributed by atoms with Crippen molar-refractivity contribution in [3.05, 3.63) is 22.8 Å². The zero-order valence-corrected chi connectivity index (χ0v) is 13.5. The van der Waals surface area contributed by atoms with E-state index in [-0.39, 0.29) is 17.7 Å². The lowest BCUT2D eigenvalue weighted by molar-refractivity contribution is -0.133. The molecule has 0 saturated carbocycles. The van der Waals surface area contributed by atoms with E-state index in [0.29, 0.717) is 18.9 Å². The molecule has 0 radical (unpaired) electrons. The largest absolute Gasteiger partial charge is 0.341 e. The van der Waals surface area contributed by atoms with Crippen LogP contribution in [0.15, 0.2) is 22.8 Å². The summed E-state index contributed by atoms with van der Waals surface area (Å²) in [6, 6.07) is 3.57. The molecule has 2 N–H and O–H groups in total. The molecule has 2 amide bonds. The van der Waals surface area contributed by atoms with Gasteiger partial charge < -0.3 is 15.5 Å². The number of carbonyl (C=O) groups excluding carboxylic acids is 2. The second kappa shape index (κ2) is 7.51. The molecule has 1 unspecified atom stereocenters. The van der Waals surface area contributed by atoms with Crippen LogP contribution in [-0.2, 0) is 9.59 Å². The van der Waals surface area contributed by atoms with Crippen LogP contribution in [0, 0.1) is 5.92 Å². The topological polar surface area (TPSA) is 74.3 Å². The third-order valence-corrected chi connectivity index (χ3v) is 3.92. The van der Waals surface area contributed by atoms with Crippen LogP contribution in [0.25, 0.3) is 0 Å². The first-order valence-corrected chi connectivity index (χ1v) is 7.74. The van der Waals surface area contributed by atoms with Crippen molar-refractivity contribution in [2.45, 2.75) is 12.8 Å². The van der Waals surface area contributed by atoms with Crippen LogP contribution in [0.2, 0.25) is 0 Å². The number of pyridine rings is 1. The van der Waals surface area contributed by atoms with Gasteiger partial charge in [-0.2, -0.15) is 0 Å². The number of carbonyl (C=O) groups is 2. The van der Waals surface area contributed by atoms with Crippen LogP contribution in [0.4, 0.5) is 5.82 Å². The fourth-order valence-corrected chi connectivity index (χ4v) is 2.59. The summed E-state index contributed by atoms with van der Waals surface area (Å²) in [5.74, 6) is 0.315. The van der Waals surface area contributed by atoms with Crippen LogP contribution >= 0.6 is 15.9 Å². The highest BCUT2D eigenvalue weighted by Gasteiger charge is 2.28. The van der Waals surface area contributed by atoms with Gasteiger partial charge in [0.1, 0.15) is 5.82 Å². The molecular formula is C14H19BrN4O2. The van der Waals surface area contributed by atoms with Crippen molar-refractivity contribution in [2.24, 2.45) is 5.92 Å². The Bertz CT molecular complexity index is 506. The van der Waals surface area contributed by atoms with E-state index in [4.69, 9.17) is 0 Å². The third kappa shape index (κ3) is 4.50. The standard InChI is InChI=1S/C14H19BrN4O2/c1-16-8-13(20)19-6-2-3-10(9-19)14(21)18-12-5-4-11(15)7-17-12/h4-5,7,10,16H,2-3,6,8-9H2,1H3,(H,17,18,21). The fourth-order valence-electron chi connectivity index (χ4n) is 2.36. The minimum Gasteiger partial charge on any atom is -0.341 e. The van der Waals surface area contributed by atoms with Gasteiger partial charge in [-0.25, -0.2) is 4.98 Å². The van der Waals surface area contributed by atoms with E-state index in [1.54, 1.807) is 24.2 Å². The Balaban J connectivity index is 1.92. The SMILES string of the molecule is CNCC(=O)N1CCCC(C(=O)Nc2ccc(Br)cn2)C1. The number of piperidine rings is 1. The second-order valence-corrected chi connectivity index (χ2v) is 5.98. The lowest BCUT2D eigenvalue weighted by Crippen LogP contribution is -2.46. The lowest BCUT2D eigenvalue weighted by Gasteiger charge is -2.32. The van der Waals surface area contributed by atoms with Gasteiger partial charge in [-0.3, -0.25) is 9.59 Å². The summed E-state index contributed by atoms with van der Waals surface area (Å²) in [7, 11) is 1.74. The number of likely N-dealkylation sites (N-methyl/N-ethyl adjacent to an activating group) is 1. The van der Waals surface area contributed by atoms with Gasteiger partial charge in [0.15, 0.2) is 0 Å². The molecule has 1 aromatic heterocycles. The molecule has 1 aliphatic heterocycles. The van der Waals surface area contributed by atoms with Gasteiger partial charge in [0.05, 0.1) is 12.5 Å². The number of hydrogen-bond donors (Lipinski definition) is 2. The van der Waals surface area contributed by atoms with Gasteiger partial charge in [-0.1, -0.05) is 0 Å². The molecule has 1 saturated heterocycles. The molecule has 1 aliphatic rings. The molecule has 114 valence electrons. The number of rotatable bonds is 4. The molecule has 0 spiro atoms. The first-order valence-electron chi connectivity index (χ1n) is 6.95. The van der Waals surface area contributed by atoms with Crippen LogP contribution in [0.5, 0.6) is 0 Å². The number of aromatic nitrogens is 1. The van der Waals surface area contributed by atoms with Crippen molar-refractivity contribution in [3.63, 3.8) is 0 Å². The van der Waals surface area contributed by atoms with Crippen molar-refractivity contribution >= 4 is 33.6 Å². The smallest absolute Gasteiger partial charge is 0.236 e. The molecule has 0 aliphatic carbocycles. The van der Waals surface area contributed by atoms with Gasteiger partial charge in [0, 0.05) is 23.8 Å². The lowest BCUT2D eigenvalue weighted by atomic mass is 9.97. The Hall–Kier alpha value is -1.47. The summed E-state index contributed by atoms with van der Waals surface area (Å²) in [5, 5.41) is 5.65. The Labute approximate surface area is 132 Å². The predicted molar refractivity (Wildman–Crippen MR) is 83.8 cm³/mol. The molecular weight excluding hydrogens is 336 g/mol. The molecule has 6 nitrogen and oxygen atoms in total. The Morgan fingerprint density at radius 2 is 2.29 bits per heavy atom. The molecule has 0 aromatic carbocycles. The number of nitrogens with one attached hydrogen (secondary N) is 2. The van der Waals surface area contributed by atoms with Crippen molar-refractivity contribution in [2.75, 3.05) is 32.0 Å². The Kier molecular flexibility index (Phi) is 5.69. The van der Waals surface area contributed by atoms with Gasteiger partial charge in [-0.05, 0) is 48.0 Å². The summed E-state index contributed by atoms with van der Waals surface area (Å²) in [4.78, 5) is 30.0. The molecule has 1 aromatic rings. The third-order valence-electron chi connectivity index (χ3n) is 3.45. The number of hydrogen-bond acceptors (Lipinski definition) is 4. The van der Waals surface area contributed by atoms with Crippen LogP contribution in [-0.4, -0.2) is 48.4 Å². The average molecular weight is 355 g/mol. The molecule has 2 heterocycles. The molecule has 7 heteroatoms. The highest BCUT2D eigenvalue weighted by Crippen LogP contribution is 2.19. The van der Waals surface area contributed by atoms with E-state index < -0.39 is 0 Å². The summed E-state index contributed by atoms with van der Waals surface area (Å²) in [6.45, 7) is 1.51. The zero-order chi connectivity index (χ0) is 15.2. The second-order valence-electron chi connectivity index (χ2n) is 5.06. The maximum absolute atomic E-state index is 12.3. The maximum Gasteiger partial charge on any atom is 0.236 e. The number of amides is 2. The maximum atomic E-state index is 12.3. The Morgan fingerprint density at radius 3 is 2.95 bits per heavy atom. The number of anilines is 1. The van der Waals surface area contributed by atoms with Gasteiger partial charge >= 0.3 is 0 Å². The van der Waals surface area contributed by atoms with Crippen LogP contribution in [0.3, 0.4) is 0 Å². The Morgan fingerprint density at radius 1 is 1.48 bits per heavy atom. The quantitative estimate of drug-likeness (QED) is 0.852. The molecule has 1 fully saturated rings. The van der Waals surface area contributed by atoms with Crippen molar-refractivity contribution in [1.29, 1.82) is 0 Å². The summed E-state index contributed by atoms with van der Waals surface area (Å²) >= 11 is 3.30. The molecule has 2 rings (SSSR count). The van der Waals surface area contributed by atoms with Gasteiger partial charge in [0.25, 0.3) is 0 Å². The molecule has 1 atom stereocenters. The van der Waals surface area contributed by atoms with E-state index >= 15 is 0 Å². The minimum atomic E-state index is -0.176. The first kappa shape index (κ1) is 15.9. The first-order chi connectivity index (χ1) is 10.1. The predicted octanol–water partition coefficient (Wildman–Crippen LogP) is 1.24. The molecule has 0 bridgehead atoms. The van der Waals surface area contributed by atoms with E-state index in [0.717, 1.165) is 23.9 Å². The normalized spacial score (nSPS) is 18.4. The summed E-state index contributed by atoms with van der Waals surface area (Å²) in [5.41, 5.74) is 0. The average Bonchev–Trinajstić information content (AvgIpc) is 2.50. The van der Waals surface area contributed by atoms with Gasteiger partial charge in [-0.15, -0.1) is 0 Å². The minimum absolute atomic E-state index is 0.0387. The number of halogens is 1. The van der Waals surface area contributed by atoms with Crippen LogP contribution in [0.1, 0.15) is 12.8 Å². The van der Waals surface area contributed by atoms with Crippen molar-refractivity contribution in [3.8, 4) is 0 Å². The van der Waals surface area contributed by atoms with E-state index in [2.05, 4.69) is 31.5 Å².